The van der Waals surface area contributed by atoms with Gasteiger partial charge in [0.2, 0.25) is 5.78 Å². The summed E-state index contributed by atoms with van der Waals surface area (Å²) >= 11 is 0. The summed E-state index contributed by atoms with van der Waals surface area (Å²) in [6.45, 7) is 2.11. The minimum atomic E-state index is -0.428. The number of hydrogen-bond acceptors (Lipinski definition) is 7. The van der Waals surface area contributed by atoms with Gasteiger partial charge in [0.15, 0.2) is 5.76 Å². The monoisotopic (exact) mass is 458 g/mol. The van der Waals surface area contributed by atoms with Crippen LogP contribution >= 0.6 is 0 Å². The van der Waals surface area contributed by atoms with Gasteiger partial charge in [-0.2, -0.15) is 0 Å². The number of ketones is 1. The van der Waals surface area contributed by atoms with Crippen molar-refractivity contribution in [3.05, 3.63) is 99.8 Å². The SMILES string of the molecule is COC(=O)c1ccc(/C=C2\Oc3c(ccc(OCc4ccc(C(=O)OC)cc4)c3C)C2=O)cc1. The van der Waals surface area contributed by atoms with Crippen LogP contribution in [0.5, 0.6) is 11.5 Å². The summed E-state index contributed by atoms with van der Waals surface area (Å²) in [5.74, 6) is 0.196. The maximum atomic E-state index is 12.8. The van der Waals surface area contributed by atoms with Crippen molar-refractivity contribution in [3.63, 3.8) is 0 Å². The Balaban J connectivity index is 1.49. The quantitative estimate of drug-likeness (QED) is 0.389. The average molecular weight is 458 g/mol. The number of Topliss-reactive ketones (excluding diaryl/α,β-unsaturated/α-hetero) is 1. The van der Waals surface area contributed by atoms with Crippen LogP contribution in [-0.4, -0.2) is 31.9 Å². The molecule has 0 radical (unpaired) electrons. The van der Waals surface area contributed by atoms with Gasteiger partial charge in [0.25, 0.3) is 0 Å². The maximum Gasteiger partial charge on any atom is 0.337 e. The third-order valence-electron chi connectivity index (χ3n) is 5.44. The Hall–Kier alpha value is -4.39. The Labute approximate surface area is 196 Å². The predicted octanol–water partition coefficient (Wildman–Crippen LogP) is 4.76. The van der Waals surface area contributed by atoms with Crippen LogP contribution in [0.15, 0.2) is 66.4 Å². The number of allylic oxidation sites excluding steroid dienone is 1. The van der Waals surface area contributed by atoms with Gasteiger partial charge in [0.1, 0.15) is 18.1 Å². The molecule has 7 heteroatoms. The molecule has 0 amide bonds. The Morgan fingerprint density at radius 1 is 0.853 bits per heavy atom. The molecule has 4 rings (SSSR count). The molecular formula is C27H22O7. The standard InChI is InChI=1S/C27H22O7/c1-16-22(33-15-18-6-10-20(11-7-18)27(30)32-3)13-12-21-24(28)23(34-25(16)21)14-17-4-8-19(9-5-17)26(29)31-2/h4-14H,15H2,1-3H3/b23-14-. The Morgan fingerprint density at radius 3 is 2.03 bits per heavy atom. The zero-order valence-electron chi connectivity index (χ0n) is 18.9. The van der Waals surface area contributed by atoms with Crippen LogP contribution in [-0.2, 0) is 16.1 Å². The highest BCUT2D eigenvalue weighted by Gasteiger charge is 2.30. The van der Waals surface area contributed by atoms with Gasteiger partial charge in [-0.3, -0.25) is 4.79 Å². The minimum Gasteiger partial charge on any atom is -0.488 e. The van der Waals surface area contributed by atoms with E-state index in [4.69, 9.17) is 18.9 Å². The van der Waals surface area contributed by atoms with Gasteiger partial charge < -0.3 is 18.9 Å². The molecule has 1 aliphatic rings. The molecule has 0 N–H and O–H groups in total. The summed E-state index contributed by atoms with van der Waals surface area (Å²) < 4.78 is 21.2. The summed E-state index contributed by atoms with van der Waals surface area (Å²) in [5, 5.41) is 0. The van der Waals surface area contributed by atoms with Crippen molar-refractivity contribution in [2.45, 2.75) is 13.5 Å². The fourth-order valence-corrected chi connectivity index (χ4v) is 3.52. The lowest BCUT2D eigenvalue weighted by Crippen LogP contribution is -2.02. The van der Waals surface area contributed by atoms with E-state index in [0.717, 1.165) is 5.56 Å². The first-order valence-electron chi connectivity index (χ1n) is 10.5. The van der Waals surface area contributed by atoms with Gasteiger partial charge in [-0.1, -0.05) is 24.3 Å². The van der Waals surface area contributed by atoms with Crippen molar-refractivity contribution in [2.75, 3.05) is 14.2 Å². The first-order chi connectivity index (χ1) is 16.4. The Kier molecular flexibility index (Phi) is 6.45. The van der Waals surface area contributed by atoms with E-state index >= 15 is 0 Å². The summed E-state index contributed by atoms with van der Waals surface area (Å²) in [6.07, 6.45) is 1.63. The van der Waals surface area contributed by atoms with Crippen LogP contribution in [0.1, 0.15) is 47.8 Å². The molecular weight excluding hydrogens is 436 g/mol. The largest absolute Gasteiger partial charge is 0.488 e. The second kappa shape index (κ2) is 9.62. The van der Waals surface area contributed by atoms with E-state index in [1.807, 2.05) is 6.92 Å². The van der Waals surface area contributed by atoms with Crippen LogP contribution in [0.4, 0.5) is 0 Å². The van der Waals surface area contributed by atoms with Crippen LogP contribution in [0.2, 0.25) is 0 Å². The van der Waals surface area contributed by atoms with Crippen molar-refractivity contribution in [1.29, 1.82) is 0 Å². The van der Waals surface area contributed by atoms with Crippen molar-refractivity contribution >= 4 is 23.8 Å². The predicted molar refractivity (Wildman–Crippen MR) is 124 cm³/mol. The molecule has 0 spiro atoms. The van der Waals surface area contributed by atoms with Crippen molar-refractivity contribution in [3.8, 4) is 11.5 Å². The van der Waals surface area contributed by atoms with E-state index in [9.17, 15) is 14.4 Å². The van der Waals surface area contributed by atoms with Gasteiger partial charge >= 0.3 is 11.9 Å². The van der Waals surface area contributed by atoms with Crippen molar-refractivity contribution in [2.24, 2.45) is 0 Å². The molecule has 0 bridgehead atoms. The van der Waals surface area contributed by atoms with Gasteiger partial charge in [0, 0.05) is 5.56 Å². The highest BCUT2D eigenvalue weighted by molar-refractivity contribution is 6.15. The Bertz CT molecular complexity index is 1290. The van der Waals surface area contributed by atoms with Crippen LogP contribution in [0.3, 0.4) is 0 Å². The highest BCUT2D eigenvalue weighted by atomic mass is 16.5. The fourth-order valence-electron chi connectivity index (χ4n) is 3.52. The highest BCUT2D eigenvalue weighted by Crippen LogP contribution is 2.39. The third-order valence-corrected chi connectivity index (χ3v) is 5.44. The molecule has 1 aliphatic heterocycles. The lowest BCUT2D eigenvalue weighted by atomic mass is 10.1. The smallest absolute Gasteiger partial charge is 0.337 e. The van der Waals surface area contributed by atoms with E-state index in [-0.39, 0.29) is 18.1 Å². The minimum absolute atomic E-state index is 0.194. The number of rotatable bonds is 6. The number of hydrogen-bond donors (Lipinski definition) is 0. The molecule has 1 heterocycles. The van der Waals surface area contributed by atoms with Crippen molar-refractivity contribution in [1.82, 2.24) is 0 Å². The van der Waals surface area contributed by atoms with Gasteiger partial charge in [0.05, 0.1) is 30.9 Å². The average Bonchev–Trinajstić information content (AvgIpc) is 3.19. The normalized spacial score (nSPS) is 13.3. The summed E-state index contributed by atoms with van der Waals surface area (Å²) in [4.78, 5) is 36.0. The number of fused-ring (bicyclic) bond motifs is 1. The Morgan fingerprint density at radius 2 is 1.44 bits per heavy atom. The van der Waals surface area contributed by atoms with Gasteiger partial charge in [-0.05, 0) is 60.5 Å². The molecule has 0 fully saturated rings. The van der Waals surface area contributed by atoms with E-state index in [1.165, 1.54) is 14.2 Å². The number of ether oxygens (including phenoxy) is 4. The first-order valence-corrected chi connectivity index (χ1v) is 10.5. The van der Waals surface area contributed by atoms with E-state index < -0.39 is 11.9 Å². The molecule has 3 aromatic rings. The number of carbonyl (C=O) groups is 3. The molecule has 0 aliphatic carbocycles. The maximum absolute atomic E-state index is 12.8. The second-order valence-electron chi connectivity index (χ2n) is 7.60. The van der Waals surface area contributed by atoms with Crippen LogP contribution in [0, 0.1) is 6.92 Å². The topological polar surface area (TPSA) is 88.1 Å². The number of carbonyl (C=O) groups excluding carboxylic acids is 3. The molecule has 172 valence electrons. The zero-order valence-corrected chi connectivity index (χ0v) is 18.9. The molecule has 7 nitrogen and oxygen atoms in total. The summed E-state index contributed by atoms with van der Waals surface area (Å²) in [5.41, 5.74) is 3.65. The van der Waals surface area contributed by atoms with Gasteiger partial charge in [-0.25, -0.2) is 9.59 Å². The molecule has 34 heavy (non-hydrogen) atoms. The molecule has 0 aromatic heterocycles. The number of benzene rings is 3. The molecule has 3 aromatic carbocycles. The molecule has 0 atom stereocenters. The van der Waals surface area contributed by atoms with E-state index in [2.05, 4.69) is 0 Å². The zero-order chi connectivity index (χ0) is 24.2. The van der Waals surface area contributed by atoms with E-state index in [0.29, 0.717) is 39.3 Å². The van der Waals surface area contributed by atoms with Crippen LogP contribution in [0.25, 0.3) is 6.08 Å². The van der Waals surface area contributed by atoms with Crippen LogP contribution < -0.4 is 9.47 Å². The fraction of sp³-hybridized carbons (Fsp3) is 0.148. The lowest BCUT2D eigenvalue weighted by Gasteiger charge is -2.12. The third kappa shape index (κ3) is 4.54. The second-order valence-corrected chi connectivity index (χ2v) is 7.60. The molecule has 0 unspecified atom stereocenters. The van der Waals surface area contributed by atoms with E-state index in [1.54, 1.807) is 66.7 Å². The molecule has 0 saturated heterocycles. The number of methoxy groups -OCH3 is 2. The lowest BCUT2D eigenvalue weighted by molar-refractivity contribution is 0.0592. The first kappa shape index (κ1) is 22.8. The van der Waals surface area contributed by atoms with Gasteiger partial charge in [-0.15, -0.1) is 0 Å². The summed E-state index contributed by atoms with van der Waals surface area (Å²) in [6, 6.07) is 17.0. The number of esters is 2. The summed E-state index contributed by atoms with van der Waals surface area (Å²) in [7, 11) is 2.66. The molecule has 0 saturated carbocycles. The van der Waals surface area contributed by atoms with Crippen molar-refractivity contribution < 1.29 is 33.3 Å².